The molecule has 1 unspecified atom stereocenters. The standard InChI is InChI=1S/C16H19N3O2/c1-11(9-17)10-18-15(20)13-7-8-14(19-16(13)21)12-5-3-2-4-6-12/h2-8,11H,9-10,17H2,1H3,(H,18,20)(H,19,21). The van der Waals surface area contributed by atoms with Crippen LogP contribution < -0.4 is 16.6 Å². The molecule has 1 aromatic carbocycles. The summed E-state index contributed by atoms with van der Waals surface area (Å²) in [6.07, 6.45) is 0. The number of amides is 1. The lowest BCUT2D eigenvalue weighted by molar-refractivity contribution is 0.0947. The number of aromatic amines is 1. The van der Waals surface area contributed by atoms with Gasteiger partial charge in [-0.1, -0.05) is 37.3 Å². The Labute approximate surface area is 123 Å². The number of rotatable bonds is 5. The van der Waals surface area contributed by atoms with Crippen LogP contribution in [-0.2, 0) is 0 Å². The highest BCUT2D eigenvalue weighted by Crippen LogP contribution is 2.14. The van der Waals surface area contributed by atoms with Gasteiger partial charge < -0.3 is 16.0 Å². The minimum absolute atomic E-state index is 0.110. The molecule has 0 spiro atoms. The van der Waals surface area contributed by atoms with E-state index in [0.29, 0.717) is 18.8 Å². The predicted octanol–water partition coefficient (Wildman–Crippen LogP) is 1.37. The second-order valence-electron chi connectivity index (χ2n) is 5.03. The van der Waals surface area contributed by atoms with Crippen molar-refractivity contribution in [2.24, 2.45) is 11.7 Å². The number of carbonyl (C=O) groups is 1. The number of nitrogens with one attached hydrogen (secondary N) is 2. The maximum atomic E-state index is 12.0. The molecule has 0 saturated carbocycles. The summed E-state index contributed by atoms with van der Waals surface area (Å²) in [7, 11) is 0. The van der Waals surface area contributed by atoms with Crippen LogP contribution in [0.25, 0.3) is 11.3 Å². The first kappa shape index (κ1) is 15.0. The molecule has 21 heavy (non-hydrogen) atoms. The number of carbonyl (C=O) groups excluding carboxylic acids is 1. The van der Waals surface area contributed by atoms with Gasteiger partial charge in [0.25, 0.3) is 11.5 Å². The van der Waals surface area contributed by atoms with Crippen molar-refractivity contribution in [1.29, 1.82) is 0 Å². The fraction of sp³-hybridized carbons (Fsp3) is 0.250. The number of aromatic nitrogens is 1. The molecule has 5 heteroatoms. The van der Waals surface area contributed by atoms with E-state index in [1.54, 1.807) is 12.1 Å². The first-order valence-corrected chi connectivity index (χ1v) is 6.89. The summed E-state index contributed by atoms with van der Waals surface area (Å²) in [6, 6.07) is 12.8. The fourth-order valence-electron chi connectivity index (χ4n) is 1.88. The van der Waals surface area contributed by atoms with Gasteiger partial charge in [0.2, 0.25) is 0 Å². The van der Waals surface area contributed by atoms with Crippen LogP contribution in [0.15, 0.2) is 47.3 Å². The molecule has 0 bridgehead atoms. The lowest BCUT2D eigenvalue weighted by Gasteiger charge is -2.10. The molecule has 2 aromatic rings. The van der Waals surface area contributed by atoms with Crippen LogP contribution in [0.3, 0.4) is 0 Å². The normalized spacial score (nSPS) is 11.9. The maximum Gasteiger partial charge on any atom is 0.261 e. The number of hydrogen-bond donors (Lipinski definition) is 3. The third-order valence-electron chi connectivity index (χ3n) is 3.25. The summed E-state index contributed by atoms with van der Waals surface area (Å²) in [5.41, 5.74) is 6.80. The summed E-state index contributed by atoms with van der Waals surface area (Å²) < 4.78 is 0. The van der Waals surface area contributed by atoms with Crippen molar-refractivity contribution in [3.05, 3.63) is 58.4 Å². The minimum atomic E-state index is -0.394. The summed E-state index contributed by atoms with van der Waals surface area (Å²) in [6.45, 7) is 2.88. The first-order chi connectivity index (χ1) is 10.1. The summed E-state index contributed by atoms with van der Waals surface area (Å²) in [5.74, 6) is -0.201. The number of hydrogen-bond acceptors (Lipinski definition) is 3. The van der Waals surface area contributed by atoms with Crippen molar-refractivity contribution in [3.8, 4) is 11.3 Å². The Hall–Kier alpha value is -2.40. The average Bonchev–Trinajstić information content (AvgIpc) is 2.53. The van der Waals surface area contributed by atoms with E-state index in [1.165, 1.54) is 0 Å². The Morgan fingerprint density at radius 1 is 1.24 bits per heavy atom. The van der Waals surface area contributed by atoms with Gasteiger partial charge in [0, 0.05) is 12.2 Å². The van der Waals surface area contributed by atoms with Crippen molar-refractivity contribution >= 4 is 5.91 Å². The highest BCUT2D eigenvalue weighted by atomic mass is 16.2. The van der Waals surface area contributed by atoms with Gasteiger partial charge >= 0.3 is 0 Å². The molecular weight excluding hydrogens is 266 g/mol. The molecule has 1 aromatic heterocycles. The number of H-pyrrole nitrogens is 1. The molecule has 0 fully saturated rings. The SMILES string of the molecule is CC(CN)CNC(=O)c1ccc(-c2ccccc2)[nH]c1=O. The van der Waals surface area contributed by atoms with E-state index < -0.39 is 5.56 Å². The Kier molecular flexibility index (Phi) is 4.90. The second kappa shape index (κ2) is 6.85. The quantitative estimate of drug-likeness (QED) is 0.775. The van der Waals surface area contributed by atoms with Crippen molar-refractivity contribution < 1.29 is 4.79 Å². The highest BCUT2D eigenvalue weighted by molar-refractivity contribution is 5.94. The van der Waals surface area contributed by atoms with E-state index in [1.807, 2.05) is 37.3 Å². The van der Waals surface area contributed by atoms with Gasteiger partial charge in [-0.2, -0.15) is 0 Å². The van der Waals surface area contributed by atoms with Crippen molar-refractivity contribution in [3.63, 3.8) is 0 Å². The molecule has 0 saturated heterocycles. The van der Waals surface area contributed by atoms with Gasteiger partial charge in [-0.05, 0) is 30.2 Å². The summed E-state index contributed by atoms with van der Waals surface area (Å²) in [4.78, 5) is 26.7. The van der Waals surface area contributed by atoms with Gasteiger partial charge in [0.15, 0.2) is 0 Å². The molecule has 0 aliphatic rings. The third kappa shape index (κ3) is 3.79. The number of nitrogens with two attached hydrogens (primary N) is 1. The topological polar surface area (TPSA) is 88.0 Å². The van der Waals surface area contributed by atoms with E-state index in [-0.39, 0.29) is 17.4 Å². The van der Waals surface area contributed by atoms with Crippen LogP contribution in [0.4, 0.5) is 0 Å². The minimum Gasteiger partial charge on any atom is -0.352 e. The Morgan fingerprint density at radius 2 is 1.95 bits per heavy atom. The lowest BCUT2D eigenvalue weighted by atomic mass is 10.1. The zero-order valence-corrected chi connectivity index (χ0v) is 11.9. The van der Waals surface area contributed by atoms with E-state index in [2.05, 4.69) is 10.3 Å². The molecule has 0 aliphatic carbocycles. The molecule has 1 atom stereocenters. The van der Waals surface area contributed by atoms with Crippen LogP contribution in [-0.4, -0.2) is 24.0 Å². The van der Waals surface area contributed by atoms with Gasteiger partial charge in [-0.15, -0.1) is 0 Å². The second-order valence-corrected chi connectivity index (χ2v) is 5.03. The van der Waals surface area contributed by atoms with Crippen molar-refractivity contribution in [1.82, 2.24) is 10.3 Å². The molecule has 1 heterocycles. The van der Waals surface area contributed by atoms with Crippen LogP contribution >= 0.6 is 0 Å². The highest BCUT2D eigenvalue weighted by Gasteiger charge is 2.12. The average molecular weight is 285 g/mol. The predicted molar refractivity (Wildman–Crippen MR) is 83.1 cm³/mol. The van der Waals surface area contributed by atoms with Crippen molar-refractivity contribution in [2.75, 3.05) is 13.1 Å². The smallest absolute Gasteiger partial charge is 0.261 e. The maximum absolute atomic E-state index is 12.0. The molecule has 0 aliphatic heterocycles. The Morgan fingerprint density at radius 3 is 2.57 bits per heavy atom. The largest absolute Gasteiger partial charge is 0.352 e. The zero-order chi connectivity index (χ0) is 15.2. The molecule has 4 N–H and O–H groups in total. The molecule has 110 valence electrons. The van der Waals surface area contributed by atoms with E-state index in [4.69, 9.17) is 5.73 Å². The van der Waals surface area contributed by atoms with Crippen LogP contribution in [0.5, 0.6) is 0 Å². The summed E-state index contributed by atoms with van der Waals surface area (Å²) in [5, 5.41) is 2.71. The van der Waals surface area contributed by atoms with Gasteiger partial charge in [0.1, 0.15) is 5.56 Å². The van der Waals surface area contributed by atoms with Crippen LogP contribution in [0.2, 0.25) is 0 Å². The first-order valence-electron chi connectivity index (χ1n) is 6.89. The van der Waals surface area contributed by atoms with Gasteiger partial charge in [-0.3, -0.25) is 9.59 Å². The van der Waals surface area contributed by atoms with Crippen LogP contribution in [0, 0.1) is 5.92 Å². The number of benzene rings is 1. The van der Waals surface area contributed by atoms with Crippen LogP contribution in [0.1, 0.15) is 17.3 Å². The van der Waals surface area contributed by atoms with E-state index in [9.17, 15) is 9.59 Å². The Balaban J connectivity index is 2.16. The molecular formula is C16H19N3O2. The Bertz CT molecular complexity index is 665. The third-order valence-corrected chi connectivity index (χ3v) is 3.25. The van der Waals surface area contributed by atoms with E-state index in [0.717, 1.165) is 5.56 Å². The van der Waals surface area contributed by atoms with Gasteiger partial charge in [-0.25, -0.2) is 0 Å². The monoisotopic (exact) mass is 285 g/mol. The zero-order valence-electron chi connectivity index (χ0n) is 11.9. The fourth-order valence-corrected chi connectivity index (χ4v) is 1.88. The number of pyridine rings is 1. The summed E-state index contributed by atoms with van der Waals surface area (Å²) >= 11 is 0. The van der Waals surface area contributed by atoms with E-state index >= 15 is 0 Å². The van der Waals surface area contributed by atoms with Crippen molar-refractivity contribution in [2.45, 2.75) is 6.92 Å². The van der Waals surface area contributed by atoms with Gasteiger partial charge in [0.05, 0.1) is 0 Å². The molecule has 5 nitrogen and oxygen atoms in total. The molecule has 2 rings (SSSR count). The molecule has 0 radical (unpaired) electrons. The molecule has 1 amide bonds. The lowest BCUT2D eigenvalue weighted by Crippen LogP contribution is -2.34.